The van der Waals surface area contributed by atoms with E-state index < -0.39 is 0 Å². The van der Waals surface area contributed by atoms with Gasteiger partial charge in [0.05, 0.1) is 5.69 Å². The van der Waals surface area contributed by atoms with Gasteiger partial charge >= 0.3 is 0 Å². The molecule has 102 valence electrons. The van der Waals surface area contributed by atoms with Crippen molar-refractivity contribution in [3.05, 3.63) is 47.8 Å². The number of ether oxygens (including phenoxy) is 1. The van der Waals surface area contributed by atoms with Gasteiger partial charge in [0, 0.05) is 18.3 Å². The van der Waals surface area contributed by atoms with Gasteiger partial charge in [-0.2, -0.15) is 5.10 Å². The molecule has 2 rings (SSSR count). The Morgan fingerprint density at radius 3 is 2.68 bits per heavy atom. The molecule has 1 aromatic heterocycles. The standard InChI is InChI=1S/C15H21N3O/c1-11(2)18-8-7-14(17-18)10-19-15-6-4-5-13(9-15)12(3)16/h4-9,11-12H,10,16H2,1-3H3. The Labute approximate surface area is 114 Å². The zero-order valence-electron chi connectivity index (χ0n) is 11.7. The average Bonchev–Trinajstić information content (AvgIpc) is 2.85. The van der Waals surface area contributed by atoms with E-state index >= 15 is 0 Å². The normalized spacial score (nSPS) is 12.7. The third-order valence-electron chi connectivity index (χ3n) is 2.96. The highest BCUT2D eigenvalue weighted by Crippen LogP contribution is 2.18. The van der Waals surface area contributed by atoms with E-state index in [1.807, 2.05) is 48.1 Å². The van der Waals surface area contributed by atoms with Gasteiger partial charge in [-0.25, -0.2) is 0 Å². The van der Waals surface area contributed by atoms with Gasteiger partial charge in [0.1, 0.15) is 12.4 Å². The van der Waals surface area contributed by atoms with Crippen LogP contribution in [0.15, 0.2) is 36.5 Å². The molecule has 1 aromatic carbocycles. The maximum Gasteiger partial charge on any atom is 0.132 e. The maximum atomic E-state index is 5.86. The summed E-state index contributed by atoms with van der Waals surface area (Å²) in [5.41, 5.74) is 7.86. The van der Waals surface area contributed by atoms with Gasteiger partial charge in [0.25, 0.3) is 0 Å². The van der Waals surface area contributed by atoms with Crippen molar-refractivity contribution in [1.82, 2.24) is 9.78 Å². The van der Waals surface area contributed by atoms with Crippen LogP contribution in [0.1, 0.15) is 44.1 Å². The van der Waals surface area contributed by atoms with E-state index in [1.165, 1.54) is 0 Å². The number of hydrogen-bond donors (Lipinski definition) is 1. The van der Waals surface area contributed by atoms with E-state index in [-0.39, 0.29) is 6.04 Å². The molecule has 0 radical (unpaired) electrons. The Balaban J connectivity index is 1.99. The Bertz CT molecular complexity index is 532. The van der Waals surface area contributed by atoms with Crippen molar-refractivity contribution in [3.63, 3.8) is 0 Å². The van der Waals surface area contributed by atoms with Crippen LogP contribution < -0.4 is 10.5 Å². The highest BCUT2D eigenvalue weighted by molar-refractivity contribution is 5.30. The van der Waals surface area contributed by atoms with E-state index in [0.29, 0.717) is 12.6 Å². The molecule has 0 saturated carbocycles. The molecule has 2 N–H and O–H groups in total. The highest BCUT2D eigenvalue weighted by atomic mass is 16.5. The first-order chi connectivity index (χ1) is 9.06. The fraction of sp³-hybridized carbons (Fsp3) is 0.400. The molecule has 0 fully saturated rings. The smallest absolute Gasteiger partial charge is 0.132 e. The predicted molar refractivity (Wildman–Crippen MR) is 76.0 cm³/mol. The molecule has 1 unspecified atom stereocenters. The molecule has 4 heteroatoms. The fourth-order valence-electron chi connectivity index (χ4n) is 1.79. The van der Waals surface area contributed by atoms with Crippen LogP contribution in [0.5, 0.6) is 5.75 Å². The summed E-state index contributed by atoms with van der Waals surface area (Å²) in [5.74, 6) is 0.828. The minimum absolute atomic E-state index is 0.0173. The molecule has 19 heavy (non-hydrogen) atoms. The molecule has 0 spiro atoms. The zero-order valence-corrected chi connectivity index (χ0v) is 11.7. The molecule has 0 saturated heterocycles. The van der Waals surface area contributed by atoms with Crippen LogP contribution in [-0.2, 0) is 6.61 Å². The number of rotatable bonds is 5. The van der Waals surface area contributed by atoms with Gasteiger partial charge in [-0.05, 0) is 44.5 Å². The van der Waals surface area contributed by atoms with E-state index in [4.69, 9.17) is 10.5 Å². The van der Waals surface area contributed by atoms with E-state index in [2.05, 4.69) is 18.9 Å². The lowest BCUT2D eigenvalue weighted by atomic mass is 10.1. The molecule has 2 aromatic rings. The lowest BCUT2D eigenvalue weighted by Gasteiger charge is -2.09. The number of aromatic nitrogens is 2. The summed E-state index contributed by atoms with van der Waals surface area (Å²) in [6.07, 6.45) is 1.97. The Morgan fingerprint density at radius 1 is 1.26 bits per heavy atom. The van der Waals surface area contributed by atoms with Gasteiger partial charge in [-0.15, -0.1) is 0 Å². The molecular formula is C15H21N3O. The lowest BCUT2D eigenvalue weighted by Crippen LogP contribution is -2.05. The molecule has 0 amide bonds. The van der Waals surface area contributed by atoms with Gasteiger partial charge < -0.3 is 10.5 Å². The second-order valence-corrected chi connectivity index (χ2v) is 5.03. The SMILES string of the molecule is CC(N)c1cccc(OCc2ccn(C(C)C)n2)c1. The van der Waals surface area contributed by atoms with Crippen molar-refractivity contribution >= 4 is 0 Å². The largest absolute Gasteiger partial charge is 0.487 e. The minimum atomic E-state index is 0.0173. The molecule has 0 aliphatic carbocycles. The van der Waals surface area contributed by atoms with Crippen LogP contribution in [0, 0.1) is 0 Å². The fourth-order valence-corrected chi connectivity index (χ4v) is 1.79. The number of nitrogens with two attached hydrogens (primary N) is 1. The number of hydrogen-bond acceptors (Lipinski definition) is 3. The summed E-state index contributed by atoms with van der Waals surface area (Å²) in [6.45, 7) is 6.64. The number of nitrogens with zero attached hydrogens (tertiary/aromatic N) is 2. The molecule has 0 aliphatic rings. The summed E-state index contributed by atoms with van der Waals surface area (Å²) >= 11 is 0. The molecule has 1 atom stereocenters. The van der Waals surface area contributed by atoms with Crippen molar-refractivity contribution in [1.29, 1.82) is 0 Å². The van der Waals surface area contributed by atoms with Gasteiger partial charge in [0.15, 0.2) is 0 Å². The van der Waals surface area contributed by atoms with Gasteiger partial charge in [-0.3, -0.25) is 4.68 Å². The van der Waals surface area contributed by atoms with Gasteiger partial charge in [0.2, 0.25) is 0 Å². The van der Waals surface area contributed by atoms with Crippen molar-refractivity contribution in [2.75, 3.05) is 0 Å². The first kappa shape index (κ1) is 13.6. The molecule has 0 bridgehead atoms. The molecular weight excluding hydrogens is 238 g/mol. The summed E-state index contributed by atoms with van der Waals surface area (Å²) in [6, 6.07) is 10.2. The maximum absolute atomic E-state index is 5.86. The second kappa shape index (κ2) is 5.89. The summed E-state index contributed by atoms with van der Waals surface area (Å²) in [7, 11) is 0. The van der Waals surface area contributed by atoms with Crippen molar-refractivity contribution in [3.8, 4) is 5.75 Å². The van der Waals surface area contributed by atoms with E-state index in [0.717, 1.165) is 17.0 Å². The lowest BCUT2D eigenvalue weighted by molar-refractivity contribution is 0.298. The second-order valence-electron chi connectivity index (χ2n) is 5.03. The highest BCUT2D eigenvalue weighted by Gasteiger charge is 2.04. The van der Waals surface area contributed by atoms with Crippen LogP contribution in [0.3, 0.4) is 0 Å². The van der Waals surface area contributed by atoms with Crippen LogP contribution in [0.2, 0.25) is 0 Å². The van der Waals surface area contributed by atoms with Crippen LogP contribution >= 0.6 is 0 Å². The van der Waals surface area contributed by atoms with E-state index in [1.54, 1.807) is 0 Å². The quantitative estimate of drug-likeness (QED) is 0.897. The van der Waals surface area contributed by atoms with Gasteiger partial charge in [-0.1, -0.05) is 12.1 Å². The summed E-state index contributed by atoms with van der Waals surface area (Å²) in [5, 5.41) is 4.45. The zero-order chi connectivity index (χ0) is 13.8. The molecule has 0 aliphatic heterocycles. The monoisotopic (exact) mass is 259 g/mol. The Hall–Kier alpha value is -1.81. The summed E-state index contributed by atoms with van der Waals surface area (Å²) < 4.78 is 7.67. The first-order valence-electron chi connectivity index (χ1n) is 6.58. The minimum Gasteiger partial charge on any atom is -0.487 e. The van der Waals surface area contributed by atoms with Crippen LogP contribution in [0.25, 0.3) is 0 Å². The predicted octanol–water partition coefficient (Wildman–Crippen LogP) is 3.06. The third-order valence-corrected chi connectivity index (χ3v) is 2.96. The van der Waals surface area contributed by atoms with Crippen LogP contribution in [-0.4, -0.2) is 9.78 Å². The topological polar surface area (TPSA) is 53.1 Å². The van der Waals surface area contributed by atoms with E-state index in [9.17, 15) is 0 Å². The molecule has 1 heterocycles. The third kappa shape index (κ3) is 3.58. The Kier molecular flexibility index (Phi) is 4.22. The van der Waals surface area contributed by atoms with Crippen LogP contribution in [0.4, 0.5) is 0 Å². The number of benzene rings is 1. The summed E-state index contributed by atoms with van der Waals surface area (Å²) in [4.78, 5) is 0. The van der Waals surface area contributed by atoms with Crippen molar-refractivity contribution < 1.29 is 4.74 Å². The van der Waals surface area contributed by atoms with Crippen molar-refractivity contribution in [2.45, 2.75) is 39.5 Å². The first-order valence-corrected chi connectivity index (χ1v) is 6.58. The Morgan fingerprint density at radius 2 is 2.05 bits per heavy atom. The van der Waals surface area contributed by atoms with Crippen molar-refractivity contribution in [2.24, 2.45) is 5.73 Å². The average molecular weight is 259 g/mol. The molecule has 4 nitrogen and oxygen atoms in total.